The largest absolute Gasteiger partial charge is 0.276 e. The number of anilines is 1. The first kappa shape index (κ1) is 18.2. The van der Waals surface area contributed by atoms with E-state index in [1.54, 1.807) is 24.3 Å². The molecular formula is C20H23N3O2S. The van der Waals surface area contributed by atoms with E-state index in [0.29, 0.717) is 17.9 Å². The molecule has 0 amide bonds. The second-order valence-corrected chi connectivity index (χ2v) is 8.29. The lowest BCUT2D eigenvalue weighted by atomic mass is 10.1. The molecule has 3 aromatic rings. The van der Waals surface area contributed by atoms with E-state index in [0.717, 1.165) is 16.8 Å². The molecule has 1 N–H and O–H groups in total. The van der Waals surface area contributed by atoms with Crippen molar-refractivity contribution in [3.63, 3.8) is 0 Å². The summed E-state index contributed by atoms with van der Waals surface area (Å²) in [7, 11) is -3.64. The van der Waals surface area contributed by atoms with Gasteiger partial charge < -0.3 is 0 Å². The Labute approximate surface area is 154 Å². The molecule has 0 atom stereocenters. The van der Waals surface area contributed by atoms with Crippen LogP contribution in [0.25, 0.3) is 0 Å². The van der Waals surface area contributed by atoms with Gasteiger partial charge in [-0.25, -0.2) is 8.42 Å². The Kier molecular flexibility index (Phi) is 4.87. The molecule has 0 saturated heterocycles. The summed E-state index contributed by atoms with van der Waals surface area (Å²) in [4.78, 5) is 0.244. The molecule has 0 radical (unpaired) electrons. The zero-order chi connectivity index (χ0) is 18.9. The second kappa shape index (κ2) is 6.96. The molecule has 0 unspecified atom stereocenters. The summed E-state index contributed by atoms with van der Waals surface area (Å²) in [5.74, 6) is 0. The van der Waals surface area contributed by atoms with Crippen molar-refractivity contribution in [1.29, 1.82) is 0 Å². The SMILES string of the molecule is Cc1ccc(Cn2nc(C)c(NS(=O)(=O)c3ccc(C)cc3)c2C)cc1. The molecule has 0 aliphatic heterocycles. The predicted molar refractivity (Wildman–Crippen MR) is 104 cm³/mol. The van der Waals surface area contributed by atoms with Crippen LogP contribution in [-0.2, 0) is 16.6 Å². The molecular weight excluding hydrogens is 346 g/mol. The number of hydrogen-bond acceptors (Lipinski definition) is 3. The van der Waals surface area contributed by atoms with Gasteiger partial charge in [-0.15, -0.1) is 0 Å². The van der Waals surface area contributed by atoms with Crippen LogP contribution in [0.2, 0.25) is 0 Å². The molecule has 3 rings (SSSR count). The molecule has 0 saturated carbocycles. The van der Waals surface area contributed by atoms with Crippen LogP contribution in [-0.4, -0.2) is 18.2 Å². The smallest absolute Gasteiger partial charge is 0.262 e. The minimum absolute atomic E-state index is 0.244. The Bertz CT molecular complexity index is 1020. The van der Waals surface area contributed by atoms with Crippen molar-refractivity contribution < 1.29 is 8.42 Å². The van der Waals surface area contributed by atoms with Gasteiger partial charge in [0.05, 0.1) is 28.5 Å². The summed E-state index contributed by atoms with van der Waals surface area (Å²) in [6, 6.07) is 15.0. The number of hydrogen-bond donors (Lipinski definition) is 1. The van der Waals surface area contributed by atoms with Gasteiger partial charge in [0.2, 0.25) is 0 Å². The Morgan fingerprint density at radius 3 is 2.00 bits per heavy atom. The maximum absolute atomic E-state index is 12.7. The molecule has 0 spiro atoms. The first-order valence-corrected chi connectivity index (χ1v) is 9.93. The second-order valence-electron chi connectivity index (χ2n) is 6.61. The van der Waals surface area contributed by atoms with Crippen molar-refractivity contribution in [2.24, 2.45) is 0 Å². The monoisotopic (exact) mass is 369 g/mol. The average Bonchev–Trinajstić information content (AvgIpc) is 2.84. The Morgan fingerprint density at radius 2 is 1.42 bits per heavy atom. The summed E-state index contributed by atoms with van der Waals surface area (Å²) in [5, 5.41) is 4.51. The third-order valence-corrected chi connectivity index (χ3v) is 5.77. The zero-order valence-electron chi connectivity index (χ0n) is 15.4. The van der Waals surface area contributed by atoms with Crippen LogP contribution in [0.3, 0.4) is 0 Å². The maximum atomic E-state index is 12.7. The van der Waals surface area contributed by atoms with Gasteiger partial charge in [0.1, 0.15) is 0 Å². The fourth-order valence-corrected chi connectivity index (χ4v) is 3.95. The van der Waals surface area contributed by atoms with Crippen LogP contribution in [0.5, 0.6) is 0 Å². The van der Waals surface area contributed by atoms with Crippen molar-refractivity contribution in [3.05, 3.63) is 76.6 Å². The van der Waals surface area contributed by atoms with E-state index in [9.17, 15) is 8.42 Å². The number of benzene rings is 2. The van der Waals surface area contributed by atoms with E-state index in [2.05, 4.69) is 34.1 Å². The lowest BCUT2D eigenvalue weighted by Crippen LogP contribution is -2.14. The van der Waals surface area contributed by atoms with E-state index >= 15 is 0 Å². The van der Waals surface area contributed by atoms with Crippen molar-refractivity contribution in [3.8, 4) is 0 Å². The van der Waals surface area contributed by atoms with Gasteiger partial charge in [0.15, 0.2) is 0 Å². The lowest BCUT2D eigenvalue weighted by molar-refractivity contribution is 0.601. The van der Waals surface area contributed by atoms with Crippen LogP contribution in [0.4, 0.5) is 5.69 Å². The van der Waals surface area contributed by atoms with Gasteiger partial charge >= 0.3 is 0 Å². The summed E-state index contributed by atoms with van der Waals surface area (Å²) in [6.07, 6.45) is 0. The first-order chi connectivity index (χ1) is 12.3. The molecule has 136 valence electrons. The quantitative estimate of drug-likeness (QED) is 0.740. The van der Waals surface area contributed by atoms with E-state index in [1.165, 1.54) is 5.56 Å². The highest BCUT2D eigenvalue weighted by Crippen LogP contribution is 2.24. The van der Waals surface area contributed by atoms with Crippen molar-refractivity contribution in [2.45, 2.75) is 39.1 Å². The summed E-state index contributed by atoms with van der Waals surface area (Å²) in [5.41, 5.74) is 5.33. The number of rotatable bonds is 5. The average molecular weight is 369 g/mol. The Morgan fingerprint density at radius 1 is 0.885 bits per heavy atom. The van der Waals surface area contributed by atoms with Gasteiger partial charge in [-0.1, -0.05) is 47.5 Å². The number of aromatic nitrogens is 2. The first-order valence-electron chi connectivity index (χ1n) is 8.45. The minimum Gasteiger partial charge on any atom is -0.276 e. The predicted octanol–water partition coefficient (Wildman–Crippen LogP) is 3.97. The third kappa shape index (κ3) is 3.80. The van der Waals surface area contributed by atoms with Gasteiger partial charge in [0.25, 0.3) is 10.0 Å². The number of nitrogens with one attached hydrogen (secondary N) is 1. The van der Waals surface area contributed by atoms with E-state index in [1.807, 2.05) is 32.4 Å². The Hall–Kier alpha value is -2.60. The standard InChI is InChI=1S/C20H23N3O2S/c1-14-5-9-18(10-6-14)13-23-17(4)20(16(3)21-23)22-26(24,25)19-11-7-15(2)8-12-19/h5-12,22H,13H2,1-4H3. The van der Waals surface area contributed by atoms with Crippen molar-refractivity contribution in [2.75, 3.05) is 4.72 Å². The van der Waals surface area contributed by atoms with Crippen LogP contribution in [0.1, 0.15) is 28.1 Å². The lowest BCUT2D eigenvalue weighted by Gasteiger charge is -2.10. The summed E-state index contributed by atoms with van der Waals surface area (Å²) >= 11 is 0. The fraction of sp³-hybridized carbons (Fsp3) is 0.250. The van der Waals surface area contributed by atoms with E-state index in [4.69, 9.17) is 0 Å². The van der Waals surface area contributed by atoms with Crippen molar-refractivity contribution >= 4 is 15.7 Å². The molecule has 0 aliphatic rings. The topological polar surface area (TPSA) is 64.0 Å². The third-order valence-electron chi connectivity index (χ3n) is 4.40. The molecule has 0 fully saturated rings. The highest BCUT2D eigenvalue weighted by atomic mass is 32.2. The van der Waals surface area contributed by atoms with Gasteiger partial charge in [-0.05, 0) is 45.4 Å². The molecule has 5 nitrogen and oxygen atoms in total. The van der Waals surface area contributed by atoms with Crippen LogP contribution in [0, 0.1) is 27.7 Å². The van der Waals surface area contributed by atoms with Crippen LogP contribution < -0.4 is 4.72 Å². The minimum atomic E-state index is -3.64. The van der Waals surface area contributed by atoms with Crippen molar-refractivity contribution in [1.82, 2.24) is 9.78 Å². The number of aryl methyl sites for hydroxylation is 3. The maximum Gasteiger partial charge on any atom is 0.262 e. The van der Waals surface area contributed by atoms with Gasteiger partial charge in [-0.2, -0.15) is 5.10 Å². The van der Waals surface area contributed by atoms with Crippen LogP contribution in [0.15, 0.2) is 53.4 Å². The number of nitrogens with zero attached hydrogens (tertiary/aromatic N) is 2. The fourth-order valence-electron chi connectivity index (χ4n) is 2.78. The molecule has 0 aliphatic carbocycles. The highest BCUT2D eigenvalue weighted by Gasteiger charge is 2.20. The zero-order valence-corrected chi connectivity index (χ0v) is 16.3. The van der Waals surface area contributed by atoms with Gasteiger partial charge in [0, 0.05) is 0 Å². The Balaban J connectivity index is 1.88. The van der Waals surface area contributed by atoms with E-state index in [-0.39, 0.29) is 4.90 Å². The van der Waals surface area contributed by atoms with Crippen LogP contribution >= 0.6 is 0 Å². The molecule has 26 heavy (non-hydrogen) atoms. The molecule has 2 aromatic carbocycles. The number of sulfonamides is 1. The normalized spacial score (nSPS) is 11.5. The molecule has 1 aromatic heterocycles. The summed E-state index contributed by atoms with van der Waals surface area (Å²) < 4.78 is 29.9. The molecule has 6 heteroatoms. The molecule has 1 heterocycles. The van der Waals surface area contributed by atoms with E-state index < -0.39 is 10.0 Å². The van der Waals surface area contributed by atoms with Gasteiger partial charge in [-0.3, -0.25) is 9.40 Å². The molecule has 0 bridgehead atoms. The summed E-state index contributed by atoms with van der Waals surface area (Å²) in [6.45, 7) is 8.25. The highest BCUT2D eigenvalue weighted by molar-refractivity contribution is 7.92.